The molecule has 2 aromatic rings. The van der Waals surface area contributed by atoms with Crippen molar-refractivity contribution in [1.82, 2.24) is 9.55 Å². The lowest BCUT2D eigenvalue weighted by molar-refractivity contribution is 1.18. The van der Waals surface area contributed by atoms with Crippen molar-refractivity contribution in [3.63, 3.8) is 0 Å². The first-order valence-electron chi connectivity index (χ1n) is 4.11. The first kappa shape index (κ1) is 6.60. The van der Waals surface area contributed by atoms with Crippen LogP contribution in [-0.2, 0) is 0 Å². The molecule has 0 spiro atoms. The number of nitrogens with zero attached hydrogens (tertiary/aromatic N) is 3. The van der Waals surface area contributed by atoms with E-state index in [9.17, 15) is 0 Å². The van der Waals surface area contributed by atoms with E-state index in [2.05, 4.69) is 9.98 Å². The Labute approximate surface area is 75.0 Å². The summed E-state index contributed by atoms with van der Waals surface area (Å²) in [4.78, 5) is 8.57. The Kier molecular flexibility index (Phi) is 1.16. The van der Waals surface area contributed by atoms with Crippen LogP contribution >= 0.6 is 0 Å². The van der Waals surface area contributed by atoms with Gasteiger partial charge in [-0.3, -0.25) is 4.99 Å². The summed E-state index contributed by atoms with van der Waals surface area (Å²) in [6.07, 6.45) is 7.46. The minimum absolute atomic E-state index is 0.972. The molecule has 13 heavy (non-hydrogen) atoms. The summed E-state index contributed by atoms with van der Waals surface area (Å²) in [7, 11) is 0. The molecule has 0 amide bonds. The van der Waals surface area contributed by atoms with Crippen LogP contribution in [0.1, 0.15) is 0 Å². The number of aromatic nitrogens is 2. The van der Waals surface area contributed by atoms with Crippen molar-refractivity contribution in [2.24, 2.45) is 4.99 Å². The Morgan fingerprint density at radius 2 is 2.23 bits per heavy atom. The van der Waals surface area contributed by atoms with Crippen LogP contribution in [0.15, 0.2) is 35.6 Å². The number of hydrogen-bond donors (Lipinski definition) is 0. The highest BCUT2D eigenvalue weighted by molar-refractivity contribution is 5.93. The number of aliphatic imine (C=N–C) groups is 1. The summed E-state index contributed by atoms with van der Waals surface area (Å²) in [6.45, 7) is 0. The first-order valence-corrected chi connectivity index (χ1v) is 4.11. The van der Waals surface area contributed by atoms with E-state index < -0.39 is 0 Å². The lowest BCUT2D eigenvalue weighted by atomic mass is 10.3. The van der Waals surface area contributed by atoms with Crippen molar-refractivity contribution in [3.8, 4) is 0 Å². The van der Waals surface area contributed by atoms with E-state index in [1.807, 2.05) is 35.0 Å². The zero-order valence-electron chi connectivity index (χ0n) is 6.88. The van der Waals surface area contributed by atoms with Crippen LogP contribution < -0.4 is 0 Å². The maximum atomic E-state index is 4.30. The van der Waals surface area contributed by atoms with Gasteiger partial charge in [0.15, 0.2) is 0 Å². The highest BCUT2D eigenvalue weighted by Gasteiger charge is 2.05. The van der Waals surface area contributed by atoms with Gasteiger partial charge in [0.1, 0.15) is 0 Å². The molecule has 1 aromatic carbocycles. The second kappa shape index (κ2) is 2.29. The Morgan fingerprint density at radius 1 is 1.23 bits per heavy atom. The predicted molar refractivity (Wildman–Crippen MR) is 53.2 cm³/mol. The molecule has 1 aliphatic rings. The normalized spacial score (nSPS) is 13.5. The average molecular weight is 169 g/mol. The van der Waals surface area contributed by atoms with Crippen LogP contribution in [0.25, 0.3) is 17.2 Å². The second-order valence-electron chi connectivity index (χ2n) is 2.92. The van der Waals surface area contributed by atoms with Crippen molar-refractivity contribution >= 4 is 29.1 Å². The highest BCUT2D eigenvalue weighted by atomic mass is 15.0. The average Bonchev–Trinajstić information content (AvgIpc) is 2.44. The van der Waals surface area contributed by atoms with Gasteiger partial charge in [-0.15, -0.1) is 0 Å². The molecule has 0 saturated carbocycles. The largest absolute Gasteiger partial charge is 0.304 e. The lowest BCUT2D eigenvalue weighted by Crippen LogP contribution is -1.80. The molecule has 0 bridgehead atoms. The molecule has 0 saturated heterocycles. The number of allylic oxidation sites excluding steroid dienone is 1. The van der Waals surface area contributed by atoms with E-state index in [0.29, 0.717) is 0 Å². The maximum absolute atomic E-state index is 4.30. The van der Waals surface area contributed by atoms with Crippen LogP contribution in [0.4, 0.5) is 5.69 Å². The Balaban J connectivity index is 2.56. The van der Waals surface area contributed by atoms with E-state index in [0.717, 1.165) is 16.7 Å². The summed E-state index contributed by atoms with van der Waals surface area (Å²) >= 11 is 0. The molecular formula is C10H7N3. The smallest absolute Gasteiger partial charge is 0.1000 e. The fourth-order valence-electron chi connectivity index (χ4n) is 1.54. The molecule has 0 fully saturated rings. The van der Waals surface area contributed by atoms with Crippen molar-refractivity contribution in [2.75, 3.05) is 0 Å². The van der Waals surface area contributed by atoms with Crippen molar-refractivity contribution in [2.45, 2.75) is 0 Å². The summed E-state index contributed by atoms with van der Waals surface area (Å²) in [5.74, 6) is 0. The van der Waals surface area contributed by atoms with Gasteiger partial charge in [-0.1, -0.05) is 6.07 Å². The molecule has 0 atom stereocenters. The molecule has 0 N–H and O–H groups in total. The van der Waals surface area contributed by atoms with Crippen molar-refractivity contribution in [1.29, 1.82) is 0 Å². The predicted octanol–water partition coefficient (Wildman–Crippen LogP) is 2.22. The minimum Gasteiger partial charge on any atom is -0.304 e. The van der Waals surface area contributed by atoms with Gasteiger partial charge in [0, 0.05) is 12.4 Å². The zero-order valence-corrected chi connectivity index (χ0v) is 6.88. The fraction of sp³-hybridized carbons (Fsp3) is 0. The summed E-state index contributed by atoms with van der Waals surface area (Å²) < 4.78 is 1.98. The van der Waals surface area contributed by atoms with E-state index in [-0.39, 0.29) is 0 Å². The minimum atomic E-state index is 0.972. The molecule has 0 radical (unpaired) electrons. The van der Waals surface area contributed by atoms with E-state index in [1.54, 1.807) is 12.5 Å². The third-order valence-electron chi connectivity index (χ3n) is 2.12. The third kappa shape index (κ3) is 0.839. The SMILES string of the molecule is C1=Cn2cnc3cccc(c32)N=C1. The molecule has 0 unspecified atom stereocenters. The highest BCUT2D eigenvalue weighted by Crippen LogP contribution is 2.26. The number of para-hydroxylation sites is 1. The molecule has 62 valence electrons. The third-order valence-corrected chi connectivity index (χ3v) is 2.12. The van der Waals surface area contributed by atoms with Gasteiger partial charge in [0.25, 0.3) is 0 Å². The molecule has 0 aliphatic carbocycles. The second-order valence-corrected chi connectivity index (χ2v) is 2.92. The van der Waals surface area contributed by atoms with Crippen LogP contribution in [0, 0.1) is 0 Å². The van der Waals surface area contributed by atoms with Gasteiger partial charge in [0.05, 0.1) is 23.0 Å². The maximum Gasteiger partial charge on any atom is 0.1000 e. The van der Waals surface area contributed by atoms with Gasteiger partial charge >= 0.3 is 0 Å². The van der Waals surface area contributed by atoms with E-state index >= 15 is 0 Å². The van der Waals surface area contributed by atoms with Crippen molar-refractivity contribution in [3.05, 3.63) is 30.6 Å². The van der Waals surface area contributed by atoms with Gasteiger partial charge in [-0.2, -0.15) is 0 Å². The van der Waals surface area contributed by atoms with Gasteiger partial charge < -0.3 is 4.57 Å². The van der Waals surface area contributed by atoms with Gasteiger partial charge in [0.2, 0.25) is 0 Å². The standard InChI is InChI=1S/C10H7N3/c1-3-8-10-9(4-1)12-7-13(10)6-2-5-11-8/h1-7H. The zero-order chi connectivity index (χ0) is 8.67. The molecule has 3 nitrogen and oxygen atoms in total. The van der Waals surface area contributed by atoms with Crippen molar-refractivity contribution < 1.29 is 0 Å². The molecule has 1 aliphatic heterocycles. The molecular weight excluding hydrogens is 162 g/mol. The number of benzene rings is 1. The first-order chi connectivity index (χ1) is 6.45. The number of rotatable bonds is 0. The molecule has 2 heterocycles. The van der Waals surface area contributed by atoms with E-state index in [1.165, 1.54) is 0 Å². The molecule has 1 aromatic heterocycles. The Bertz CT molecular complexity index is 520. The van der Waals surface area contributed by atoms with Crippen LogP contribution in [0.2, 0.25) is 0 Å². The molecule has 3 rings (SSSR count). The van der Waals surface area contributed by atoms with E-state index in [4.69, 9.17) is 0 Å². The van der Waals surface area contributed by atoms with Crippen LogP contribution in [0.5, 0.6) is 0 Å². The van der Waals surface area contributed by atoms with Gasteiger partial charge in [-0.05, 0) is 18.2 Å². The number of imidazole rings is 1. The topological polar surface area (TPSA) is 30.2 Å². The van der Waals surface area contributed by atoms with Crippen LogP contribution in [-0.4, -0.2) is 15.8 Å². The van der Waals surface area contributed by atoms with Crippen LogP contribution in [0.3, 0.4) is 0 Å². The quantitative estimate of drug-likeness (QED) is 0.594. The summed E-state index contributed by atoms with van der Waals surface area (Å²) in [5, 5.41) is 0. The lowest BCUT2D eigenvalue weighted by Gasteiger charge is -1.96. The number of hydrogen-bond acceptors (Lipinski definition) is 2. The van der Waals surface area contributed by atoms with Gasteiger partial charge in [-0.25, -0.2) is 4.98 Å². The summed E-state index contributed by atoms with van der Waals surface area (Å²) in [5.41, 5.74) is 3.04. The Hall–Kier alpha value is -1.90. The monoisotopic (exact) mass is 169 g/mol. The molecule has 3 heteroatoms. The Morgan fingerprint density at radius 3 is 3.23 bits per heavy atom. The summed E-state index contributed by atoms with van der Waals surface area (Å²) in [6, 6.07) is 5.95. The fourth-order valence-corrected chi connectivity index (χ4v) is 1.54.